The van der Waals surface area contributed by atoms with E-state index < -0.39 is 0 Å². The van der Waals surface area contributed by atoms with Crippen molar-refractivity contribution in [3.05, 3.63) is 0 Å². The summed E-state index contributed by atoms with van der Waals surface area (Å²) in [5.74, 6) is 4.76. The second-order valence-electron chi connectivity index (χ2n) is 1.61. The van der Waals surface area contributed by atoms with Crippen LogP contribution in [0, 0.1) is 0 Å². The maximum atomic E-state index is 4.97. The Kier molecular flexibility index (Phi) is 1.62. The van der Waals surface area contributed by atoms with Crippen LogP contribution in [-0.2, 0) is 9.57 Å². The molecule has 0 spiro atoms. The summed E-state index contributed by atoms with van der Waals surface area (Å²) >= 11 is 0. The van der Waals surface area contributed by atoms with Crippen LogP contribution in [0.25, 0.3) is 0 Å². The van der Waals surface area contributed by atoms with Gasteiger partial charge in [0.2, 0.25) is 0 Å². The molecule has 0 aromatic carbocycles. The zero-order chi connectivity index (χ0) is 5.11. The van der Waals surface area contributed by atoms with Crippen LogP contribution in [0.1, 0.15) is 6.42 Å². The van der Waals surface area contributed by atoms with Crippen molar-refractivity contribution in [1.29, 1.82) is 0 Å². The molecule has 7 heavy (non-hydrogen) atoms. The summed E-state index contributed by atoms with van der Waals surface area (Å²) < 4.78 is 4.97. The summed E-state index contributed by atoms with van der Waals surface area (Å²) in [4.78, 5) is 4.32. The van der Waals surface area contributed by atoms with Gasteiger partial charge >= 0.3 is 0 Å². The van der Waals surface area contributed by atoms with Crippen LogP contribution in [0.15, 0.2) is 0 Å². The highest BCUT2D eigenvalue weighted by Gasteiger charge is 2.16. The molecule has 1 aliphatic heterocycles. The molecule has 0 bridgehead atoms. The molecule has 1 unspecified atom stereocenters. The third kappa shape index (κ3) is 1.12. The summed E-state index contributed by atoms with van der Waals surface area (Å²) in [6.45, 7) is 1.41. The Morgan fingerprint density at radius 3 is 2.71 bits per heavy atom. The number of hydrogen-bond donors (Lipinski definition) is 1. The molecule has 1 atom stereocenters. The minimum absolute atomic E-state index is 0.282. The van der Waals surface area contributed by atoms with E-state index in [2.05, 4.69) is 4.84 Å². The van der Waals surface area contributed by atoms with Crippen LogP contribution in [0.3, 0.4) is 0 Å². The first kappa shape index (κ1) is 5.03. The molecule has 1 aliphatic rings. The average molecular weight is 103 g/mol. The van der Waals surface area contributed by atoms with Gasteiger partial charge in [0.1, 0.15) is 0 Å². The van der Waals surface area contributed by atoms with Gasteiger partial charge in [-0.15, -0.1) is 0 Å². The van der Waals surface area contributed by atoms with Gasteiger partial charge < -0.3 is 9.57 Å². The van der Waals surface area contributed by atoms with Crippen molar-refractivity contribution in [1.82, 2.24) is 0 Å². The van der Waals surface area contributed by atoms with Crippen molar-refractivity contribution in [3.63, 3.8) is 0 Å². The Morgan fingerprint density at radius 1 is 1.86 bits per heavy atom. The van der Waals surface area contributed by atoms with E-state index in [0.29, 0.717) is 6.61 Å². The van der Waals surface area contributed by atoms with Crippen LogP contribution >= 0.6 is 0 Å². The molecule has 1 fully saturated rings. The largest absolute Gasteiger partial charge is 0.376 e. The van der Waals surface area contributed by atoms with E-state index in [1.807, 2.05) is 0 Å². The van der Waals surface area contributed by atoms with Gasteiger partial charge in [0.05, 0.1) is 12.7 Å². The Balaban J connectivity index is 1.93. The van der Waals surface area contributed by atoms with Crippen LogP contribution in [0.5, 0.6) is 0 Å². The summed E-state index contributed by atoms with van der Waals surface area (Å²) in [6.07, 6.45) is 1.38. The van der Waals surface area contributed by atoms with Crippen molar-refractivity contribution >= 4 is 0 Å². The molecule has 0 amide bonds. The normalized spacial score (nSPS) is 29.6. The smallest absolute Gasteiger partial charge is 0.0942 e. The minimum atomic E-state index is 0.282. The van der Waals surface area contributed by atoms with Gasteiger partial charge in [-0.25, -0.2) is 5.90 Å². The standard InChI is InChI=1S/C4H9NO2/c5-7-3-4-1-2-6-4/h4H,1-3,5H2. The molecule has 3 heteroatoms. The van der Waals surface area contributed by atoms with Crippen LogP contribution in [0.4, 0.5) is 0 Å². The molecule has 1 rings (SSSR count). The molecule has 2 N–H and O–H groups in total. The van der Waals surface area contributed by atoms with E-state index in [9.17, 15) is 0 Å². The lowest BCUT2D eigenvalue weighted by Gasteiger charge is -2.24. The first-order valence-corrected chi connectivity index (χ1v) is 2.37. The van der Waals surface area contributed by atoms with E-state index >= 15 is 0 Å². The lowest BCUT2D eigenvalue weighted by molar-refractivity contribution is -0.0944. The van der Waals surface area contributed by atoms with Gasteiger partial charge in [0, 0.05) is 6.61 Å². The Morgan fingerprint density at radius 2 is 2.57 bits per heavy atom. The average Bonchev–Trinajstić information content (AvgIpc) is 1.55. The van der Waals surface area contributed by atoms with E-state index in [1.165, 1.54) is 0 Å². The molecule has 0 aromatic heterocycles. The molecule has 0 aliphatic carbocycles. The van der Waals surface area contributed by atoms with Crippen molar-refractivity contribution in [2.45, 2.75) is 12.5 Å². The summed E-state index contributed by atoms with van der Waals surface area (Å²) in [5.41, 5.74) is 0. The third-order valence-corrected chi connectivity index (χ3v) is 1.08. The fourth-order valence-electron chi connectivity index (χ4n) is 0.523. The van der Waals surface area contributed by atoms with Gasteiger partial charge in [-0.05, 0) is 6.42 Å². The molecule has 1 heterocycles. The van der Waals surface area contributed by atoms with Gasteiger partial charge in [-0.1, -0.05) is 0 Å². The molecular formula is C4H9NO2. The fourth-order valence-corrected chi connectivity index (χ4v) is 0.523. The first-order chi connectivity index (χ1) is 3.43. The van der Waals surface area contributed by atoms with Crippen molar-refractivity contribution in [2.24, 2.45) is 5.90 Å². The van der Waals surface area contributed by atoms with Crippen molar-refractivity contribution in [3.8, 4) is 0 Å². The van der Waals surface area contributed by atoms with E-state index in [1.54, 1.807) is 0 Å². The second kappa shape index (κ2) is 2.26. The third-order valence-electron chi connectivity index (χ3n) is 1.08. The quantitative estimate of drug-likeness (QED) is 0.486. The highest BCUT2D eigenvalue weighted by molar-refractivity contribution is 4.63. The molecule has 0 radical (unpaired) electrons. The highest BCUT2D eigenvalue weighted by Crippen LogP contribution is 2.09. The van der Waals surface area contributed by atoms with Gasteiger partial charge in [0.15, 0.2) is 0 Å². The van der Waals surface area contributed by atoms with Crippen molar-refractivity contribution < 1.29 is 9.57 Å². The van der Waals surface area contributed by atoms with E-state index in [0.717, 1.165) is 13.0 Å². The second-order valence-corrected chi connectivity index (χ2v) is 1.61. The van der Waals surface area contributed by atoms with E-state index in [4.69, 9.17) is 10.6 Å². The number of nitrogens with two attached hydrogens (primary N) is 1. The molecular weight excluding hydrogens is 94.0 g/mol. The summed E-state index contributed by atoms with van der Waals surface area (Å²) in [5, 5.41) is 0. The van der Waals surface area contributed by atoms with Gasteiger partial charge in [-0.2, -0.15) is 0 Å². The molecule has 0 saturated carbocycles. The topological polar surface area (TPSA) is 44.5 Å². The maximum Gasteiger partial charge on any atom is 0.0942 e. The zero-order valence-corrected chi connectivity index (χ0v) is 4.09. The van der Waals surface area contributed by atoms with Gasteiger partial charge in [-0.3, -0.25) is 0 Å². The Bertz CT molecular complexity index is 53.7. The number of rotatable bonds is 2. The van der Waals surface area contributed by atoms with E-state index in [-0.39, 0.29) is 6.10 Å². The maximum absolute atomic E-state index is 4.97. The number of hydrogen-bond acceptors (Lipinski definition) is 3. The molecule has 0 aromatic rings. The fraction of sp³-hybridized carbons (Fsp3) is 1.00. The SMILES string of the molecule is NOCC1CCO1. The van der Waals surface area contributed by atoms with Crippen LogP contribution < -0.4 is 5.90 Å². The molecule has 1 saturated heterocycles. The Labute approximate surface area is 42.3 Å². The van der Waals surface area contributed by atoms with Crippen LogP contribution in [-0.4, -0.2) is 19.3 Å². The highest BCUT2D eigenvalue weighted by atomic mass is 16.6. The predicted octanol–water partition coefficient (Wildman–Crippen LogP) is -0.334. The monoisotopic (exact) mass is 103 g/mol. The molecule has 3 nitrogen and oxygen atoms in total. The lowest BCUT2D eigenvalue weighted by atomic mass is 10.2. The summed E-state index contributed by atoms with van der Waals surface area (Å²) in [7, 11) is 0. The number of ether oxygens (including phenoxy) is 1. The first-order valence-electron chi connectivity index (χ1n) is 2.37. The van der Waals surface area contributed by atoms with Gasteiger partial charge in [0.25, 0.3) is 0 Å². The summed E-state index contributed by atoms with van der Waals surface area (Å²) in [6, 6.07) is 0. The minimum Gasteiger partial charge on any atom is -0.376 e. The predicted molar refractivity (Wildman–Crippen MR) is 24.5 cm³/mol. The Hall–Kier alpha value is -0.120. The van der Waals surface area contributed by atoms with Crippen LogP contribution in [0.2, 0.25) is 0 Å². The molecule has 42 valence electrons. The zero-order valence-electron chi connectivity index (χ0n) is 4.09. The lowest BCUT2D eigenvalue weighted by Crippen LogP contribution is -2.32. The van der Waals surface area contributed by atoms with Crippen molar-refractivity contribution in [2.75, 3.05) is 13.2 Å².